The number of fused-ring (bicyclic) bond motifs is 2. The topological polar surface area (TPSA) is 128 Å². The Hall–Kier alpha value is -5.70. The Morgan fingerprint density at radius 2 is 1.04 bits per heavy atom. The van der Waals surface area contributed by atoms with Crippen molar-refractivity contribution in [2.24, 2.45) is 5.73 Å². The number of nitrogens with two attached hydrogens (primary N) is 1. The maximum absolute atomic E-state index is 14.4. The molecule has 0 bridgehead atoms. The van der Waals surface area contributed by atoms with Gasteiger partial charge in [0, 0.05) is 27.6 Å². The largest absolute Gasteiger partial charge is 0.443 e. The van der Waals surface area contributed by atoms with Gasteiger partial charge >= 0.3 is 12.2 Å². The number of para-hydroxylation sites is 1. The van der Waals surface area contributed by atoms with Crippen LogP contribution in [0.1, 0.15) is 113 Å². The molecule has 0 heterocycles. The normalized spacial score (nSPS) is 12.3. The van der Waals surface area contributed by atoms with Crippen LogP contribution in [0.15, 0.2) is 72.8 Å². The van der Waals surface area contributed by atoms with Crippen LogP contribution in [-0.4, -0.2) is 35.2 Å². The van der Waals surface area contributed by atoms with E-state index in [4.69, 9.17) is 15.2 Å². The van der Waals surface area contributed by atoms with Crippen molar-refractivity contribution in [3.8, 4) is 0 Å². The zero-order valence-corrected chi connectivity index (χ0v) is 32.1. The second-order valence-corrected chi connectivity index (χ2v) is 16.2. The van der Waals surface area contributed by atoms with Gasteiger partial charge in [0.1, 0.15) is 11.2 Å². The highest BCUT2D eigenvalue weighted by atomic mass is 16.6. The summed E-state index contributed by atoms with van der Waals surface area (Å²) in [4.78, 5) is 55.8. The number of hydrogen-bond acceptors (Lipinski definition) is 6. The van der Waals surface area contributed by atoms with Gasteiger partial charge in [0.05, 0.1) is 5.69 Å². The molecule has 6 rings (SSSR count). The molecule has 9 nitrogen and oxygen atoms in total. The molecule has 0 aliphatic heterocycles. The molecule has 0 fully saturated rings. The van der Waals surface area contributed by atoms with E-state index in [-0.39, 0.29) is 23.3 Å². The van der Waals surface area contributed by atoms with Gasteiger partial charge in [-0.1, -0.05) is 82.3 Å². The molecular weight excluding hydrogens is 666 g/mol. The fraction of sp³-hybridized carbons (Fsp3) is 0.318. The molecular formula is C44H47N3O6. The highest BCUT2D eigenvalue weighted by Crippen LogP contribution is 2.45. The molecule has 0 unspecified atom stereocenters. The quantitative estimate of drug-likeness (QED) is 0.131. The molecule has 0 atom stereocenters. The summed E-state index contributed by atoms with van der Waals surface area (Å²) >= 11 is 0. The van der Waals surface area contributed by atoms with Crippen molar-refractivity contribution >= 4 is 78.5 Å². The van der Waals surface area contributed by atoms with Gasteiger partial charge in [-0.15, -0.1) is 0 Å². The van der Waals surface area contributed by atoms with Gasteiger partial charge in [-0.25, -0.2) is 9.59 Å². The lowest BCUT2D eigenvalue weighted by atomic mass is 9.85. The minimum Gasteiger partial charge on any atom is -0.443 e. The second-order valence-electron chi connectivity index (χ2n) is 16.2. The minimum atomic E-state index is -0.881. The van der Waals surface area contributed by atoms with E-state index in [1.54, 1.807) is 59.7 Å². The molecule has 6 aromatic carbocycles. The number of hydrogen-bond donors (Lipinski definition) is 2. The molecule has 53 heavy (non-hydrogen) atoms. The summed E-state index contributed by atoms with van der Waals surface area (Å²) in [5.74, 6) is -0.691. The van der Waals surface area contributed by atoms with Gasteiger partial charge < -0.3 is 20.5 Å². The van der Waals surface area contributed by atoms with Crippen molar-refractivity contribution in [3.63, 3.8) is 0 Å². The number of primary amides is 1. The lowest BCUT2D eigenvalue weighted by molar-refractivity contribution is 0.0430. The van der Waals surface area contributed by atoms with Gasteiger partial charge in [0.2, 0.25) is 5.91 Å². The Labute approximate surface area is 309 Å². The van der Waals surface area contributed by atoms with Crippen molar-refractivity contribution in [1.82, 2.24) is 0 Å². The Morgan fingerprint density at radius 1 is 0.585 bits per heavy atom. The summed E-state index contributed by atoms with van der Waals surface area (Å²) in [6.07, 6.45) is -1.74. The third-order valence-corrected chi connectivity index (χ3v) is 9.27. The number of amides is 4. The van der Waals surface area contributed by atoms with Gasteiger partial charge in [-0.2, -0.15) is 4.90 Å². The van der Waals surface area contributed by atoms with Crippen molar-refractivity contribution in [2.45, 2.75) is 92.3 Å². The lowest BCUT2D eigenvalue weighted by Gasteiger charge is -2.29. The standard InChI is InChI=1S/C44H47N3O6/c1-23(2)25-13-11-14-26(24(3)4)38(25)46-40(49)33-20-18-29-27-15-12-16-31-34(47(41(50)52-43(5,6)7)42(51)53-44(8,9)10)22-21-28(35(27)31)30-17-19-32(39(45)48)37(33)36(29)30/h11-24H,1-10H3,(H2,45,48)(H,46,49). The van der Waals surface area contributed by atoms with E-state index in [1.807, 2.05) is 54.6 Å². The number of rotatable bonds is 6. The zero-order chi connectivity index (χ0) is 38.7. The maximum atomic E-state index is 14.4. The summed E-state index contributed by atoms with van der Waals surface area (Å²) in [5, 5.41) is 8.92. The molecule has 0 radical (unpaired) electrons. The first kappa shape index (κ1) is 37.1. The third kappa shape index (κ3) is 6.83. The van der Waals surface area contributed by atoms with Crippen LogP contribution in [0.2, 0.25) is 0 Å². The molecule has 9 heteroatoms. The number of ether oxygens (including phenoxy) is 2. The first-order chi connectivity index (χ1) is 24.8. The van der Waals surface area contributed by atoms with E-state index in [0.29, 0.717) is 27.4 Å². The number of nitrogens with one attached hydrogen (secondary N) is 1. The van der Waals surface area contributed by atoms with Gasteiger partial charge in [-0.3, -0.25) is 9.59 Å². The predicted octanol–water partition coefficient (Wildman–Crippen LogP) is 11.0. The molecule has 3 N–H and O–H groups in total. The van der Waals surface area contributed by atoms with Crippen LogP contribution in [0.3, 0.4) is 0 Å². The fourth-order valence-corrected chi connectivity index (χ4v) is 7.14. The average Bonchev–Trinajstić information content (AvgIpc) is 3.05. The smallest absolute Gasteiger partial charge is 0.424 e. The predicted molar refractivity (Wildman–Crippen MR) is 214 cm³/mol. The number of imide groups is 1. The Morgan fingerprint density at radius 3 is 1.55 bits per heavy atom. The highest BCUT2D eigenvalue weighted by molar-refractivity contribution is 6.38. The zero-order valence-electron chi connectivity index (χ0n) is 32.1. The van der Waals surface area contributed by atoms with Crippen molar-refractivity contribution in [2.75, 3.05) is 10.2 Å². The van der Waals surface area contributed by atoms with Crippen LogP contribution in [0.5, 0.6) is 0 Å². The number of anilines is 2. The van der Waals surface area contributed by atoms with E-state index in [1.165, 1.54) is 0 Å². The summed E-state index contributed by atoms with van der Waals surface area (Å²) in [6, 6.07) is 22.3. The molecule has 6 aromatic rings. The molecule has 274 valence electrons. The highest BCUT2D eigenvalue weighted by Gasteiger charge is 2.34. The van der Waals surface area contributed by atoms with E-state index in [9.17, 15) is 19.2 Å². The minimum absolute atomic E-state index is 0.157. The molecule has 0 saturated heterocycles. The summed E-state index contributed by atoms with van der Waals surface area (Å²) in [5.41, 5.74) is 7.88. The van der Waals surface area contributed by atoms with E-state index in [0.717, 1.165) is 48.6 Å². The van der Waals surface area contributed by atoms with Crippen LogP contribution in [-0.2, 0) is 9.47 Å². The van der Waals surface area contributed by atoms with Crippen LogP contribution >= 0.6 is 0 Å². The van der Waals surface area contributed by atoms with Crippen molar-refractivity contribution in [1.29, 1.82) is 0 Å². The van der Waals surface area contributed by atoms with Crippen LogP contribution in [0.25, 0.3) is 43.1 Å². The van der Waals surface area contributed by atoms with Crippen LogP contribution in [0, 0.1) is 0 Å². The first-order valence-corrected chi connectivity index (χ1v) is 17.9. The molecule has 0 aliphatic carbocycles. The lowest BCUT2D eigenvalue weighted by Crippen LogP contribution is -2.43. The number of carbonyl (C=O) groups excluding carboxylic acids is 4. The van der Waals surface area contributed by atoms with Gasteiger partial charge in [0.15, 0.2) is 0 Å². The van der Waals surface area contributed by atoms with Crippen molar-refractivity contribution < 1.29 is 28.7 Å². The van der Waals surface area contributed by atoms with Crippen LogP contribution < -0.4 is 16.0 Å². The number of nitrogens with zero attached hydrogens (tertiary/aromatic N) is 1. The summed E-state index contributed by atoms with van der Waals surface area (Å²) in [6.45, 7) is 18.7. The molecule has 0 aromatic heterocycles. The fourth-order valence-electron chi connectivity index (χ4n) is 7.14. The van der Waals surface area contributed by atoms with E-state index in [2.05, 4.69) is 33.0 Å². The van der Waals surface area contributed by atoms with Crippen LogP contribution in [0.4, 0.5) is 21.0 Å². The number of carbonyl (C=O) groups is 4. The monoisotopic (exact) mass is 713 g/mol. The van der Waals surface area contributed by atoms with E-state index < -0.39 is 29.3 Å². The average molecular weight is 714 g/mol. The molecule has 0 spiro atoms. The molecule has 0 aliphatic rings. The Kier molecular flexibility index (Phi) is 9.35. The summed E-state index contributed by atoms with van der Waals surface area (Å²) < 4.78 is 11.4. The second kappa shape index (κ2) is 13.4. The first-order valence-electron chi connectivity index (χ1n) is 17.9. The van der Waals surface area contributed by atoms with Gasteiger partial charge in [0.25, 0.3) is 5.91 Å². The van der Waals surface area contributed by atoms with E-state index >= 15 is 0 Å². The number of benzene rings is 6. The maximum Gasteiger partial charge on any atom is 0.424 e. The van der Waals surface area contributed by atoms with Crippen molar-refractivity contribution in [3.05, 3.63) is 95.1 Å². The Balaban J connectivity index is 1.62. The Bertz CT molecular complexity index is 2370. The third-order valence-electron chi connectivity index (χ3n) is 9.27. The van der Waals surface area contributed by atoms with Gasteiger partial charge in [-0.05, 0) is 115 Å². The molecule has 0 saturated carbocycles. The molecule has 4 amide bonds. The summed E-state index contributed by atoms with van der Waals surface area (Å²) in [7, 11) is 0. The SMILES string of the molecule is CC(C)c1cccc(C(C)C)c1NC(=O)c1ccc2c3cccc4c(N(C(=O)OC(C)(C)C)C(=O)OC(C)(C)C)ccc(c5ccc(C(N)=O)c1c52)c43.